The van der Waals surface area contributed by atoms with Crippen molar-refractivity contribution in [2.75, 3.05) is 19.8 Å². The van der Waals surface area contributed by atoms with Crippen LogP contribution in [0.15, 0.2) is 58.7 Å². The van der Waals surface area contributed by atoms with E-state index in [0.717, 1.165) is 5.57 Å². The molecule has 5 rings (SSSR count). The molecule has 1 fully saturated rings. The minimum absolute atomic E-state index is 0.0471. The number of ether oxygens (including phenoxy) is 1. The fourth-order valence-corrected chi connectivity index (χ4v) is 6.75. The highest BCUT2D eigenvalue weighted by molar-refractivity contribution is 6.23. The van der Waals surface area contributed by atoms with Crippen molar-refractivity contribution in [3.05, 3.63) is 64.3 Å². The molecule has 9 heteroatoms. The van der Waals surface area contributed by atoms with E-state index in [1.807, 2.05) is 18.2 Å². The zero-order valence-corrected chi connectivity index (χ0v) is 22.4. The molecule has 0 aromatic heterocycles. The first-order valence-electron chi connectivity index (χ1n) is 13.8. The summed E-state index contributed by atoms with van der Waals surface area (Å²) in [6.45, 7) is 1.72. The summed E-state index contributed by atoms with van der Waals surface area (Å²) in [6, 6.07) is 7.21. The Hall–Kier alpha value is -3.85. The number of carbonyl (C=O) groups is 5. The third kappa shape index (κ3) is 4.83. The maximum atomic E-state index is 13.8. The fraction of sp³-hybridized carbons (Fsp3) is 0.452. The molecule has 40 heavy (non-hydrogen) atoms. The molecule has 2 N–H and O–H groups in total. The molecule has 1 aliphatic heterocycles. The number of aliphatic carboxylic acids is 1. The Kier molecular flexibility index (Phi) is 7.85. The minimum atomic E-state index is -0.873. The van der Waals surface area contributed by atoms with Crippen LogP contribution in [0.4, 0.5) is 0 Å². The number of aliphatic hydroxyl groups is 1. The Morgan fingerprint density at radius 2 is 1.82 bits per heavy atom. The van der Waals surface area contributed by atoms with Gasteiger partial charge in [-0.05, 0) is 50.7 Å². The molecule has 1 aromatic carbocycles. The summed E-state index contributed by atoms with van der Waals surface area (Å²) >= 11 is 0. The molecule has 1 heterocycles. The minimum Gasteiger partial charge on any atom is -0.491 e. The molecule has 1 aromatic rings. The zero-order valence-electron chi connectivity index (χ0n) is 22.4. The van der Waals surface area contributed by atoms with Crippen molar-refractivity contribution in [2.45, 2.75) is 51.4 Å². The van der Waals surface area contributed by atoms with E-state index >= 15 is 0 Å². The number of amides is 2. The molecule has 3 aliphatic carbocycles. The van der Waals surface area contributed by atoms with Gasteiger partial charge in [-0.3, -0.25) is 28.9 Å². The number of nitrogens with zero attached hydrogens (tertiary/aromatic N) is 1. The van der Waals surface area contributed by atoms with Gasteiger partial charge in [-0.2, -0.15) is 0 Å². The van der Waals surface area contributed by atoms with Crippen LogP contribution in [-0.2, 0) is 24.0 Å². The summed E-state index contributed by atoms with van der Waals surface area (Å²) in [6.07, 6.45) is 5.54. The molecular formula is C31H33NO8. The summed E-state index contributed by atoms with van der Waals surface area (Å²) < 4.78 is 5.83. The lowest BCUT2D eigenvalue weighted by Gasteiger charge is -2.42. The lowest BCUT2D eigenvalue weighted by molar-refractivity contribution is -0.141. The number of para-hydroxylation sites is 1. The van der Waals surface area contributed by atoms with Gasteiger partial charge < -0.3 is 14.9 Å². The van der Waals surface area contributed by atoms with E-state index in [9.17, 15) is 29.1 Å². The average Bonchev–Trinajstić information content (AvgIpc) is 3.18. The Morgan fingerprint density at radius 1 is 1.05 bits per heavy atom. The number of allylic oxidation sites excluding steroid dienone is 6. The van der Waals surface area contributed by atoms with Gasteiger partial charge in [-0.25, -0.2) is 0 Å². The first-order valence-corrected chi connectivity index (χ1v) is 13.8. The maximum Gasteiger partial charge on any atom is 0.303 e. The number of ketones is 2. The second kappa shape index (κ2) is 11.3. The summed E-state index contributed by atoms with van der Waals surface area (Å²) in [5.74, 6) is -3.55. The van der Waals surface area contributed by atoms with Gasteiger partial charge in [0.1, 0.15) is 12.4 Å². The van der Waals surface area contributed by atoms with E-state index < -0.39 is 29.6 Å². The van der Waals surface area contributed by atoms with E-state index in [0.29, 0.717) is 53.7 Å². The van der Waals surface area contributed by atoms with Gasteiger partial charge >= 0.3 is 5.97 Å². The number of unbranched alkanes of at least 4 members (excludes halogenated alkanes) is 2. The quantitative estimate of drug-likeness (QED) is 0.197. The van der Waals surface area contributed by atoms with Gasteiger partial charge in [0.2, 0.25) is 11.8 Å². The number of likely N-dealkylation sites (tertiary alicyclic amines) is 1. The van der Waals surface area contributed by atoms with Crippen LogP contribution in [0.5, 0.6) is 5.75 Å². The van der Waals surface area contributed by atoms with Crippen LogP contribution in [0.3, 0.4) is 0 Å². The van der Waals surface area contributed by atoms with Gasteiger partial charge in [-0.1, -0.05) is 36.3 Å². The Morgan fingerprint density at radius 3 is 2.58 bits per heavy atom. The Balaban J connectivity index is 1.51. The number of fused-ring (bicyclic) bond motifs is 3. The van der Waals surface area contributed by atoms with E-state index in [1.165, 1.54) is 11.0 Å². The first-order chi connectivity index (χ1) is 19.2. The molecular weight excluding hydrogens is 514 g/mol. The van der Waals surface area contributed by atoms with Gasteiger partial charge in [-0.15, -0.1) is 0 Å². The molecule has 1 saturated heterocycles. The Labute approximate surface area is 232 Å². The predicted octanol–water partition coefficient (Wildman–Crippen LogP) is 3.13. The predicted molar refractivity (Wildman–Crippen MR) is 143 cm³/mol. The molecule has 9 nitrogen and oxygen atoms in total. The lowest BCUT2D eigenvalue weighted by Crippen LogP contribution is -2.40. The van der Waals surface area contributed by atoms with Crippen molar-refractivity contribution in [1.29, 1.82) is 0 Å². The number of Topliss-reactive ketones (excluding diaryl/α,β-unsaturated/α-hetero) is 1. The smallest absolute Gasteiger partial charge is 0.303 e. The topological polar surface area (TPSA) is 138 Å². The third-order valence-corrected chi connectivity index (χ3v) is 8.50. The van der Waals surface area contributed by atoms with Crippen molar-refractivity contribution in [2.24, 2.45) is 17.8 Å². The van der Waals surface area contributed by atoms with Crippen molar-refractivity contribution >= 4 is 29.4 Å². The van der Waals surface area contributed by atoms with Crippen LogP contribution in [-0.4, -0.2) is 64.2 Å². The van der Waals surface area contributed by atoms with Gasteiger partial charge in [0.05, 0.1) is 18.4 Å². The van der Waals surface area contributed by atoms with Gasteiger partial charge in [0.15, 0.2) is 11.6 Å². The number of carboxylic acids is 1. The van der Waals surface area contributed by atoms with Gasteiger partial charge in [0.25, 0.3) is 0 Å². The van der Waals surface area contributed by atoms with E-state index in [-0.39, 0.29) is 56.0 Å². The van der Waals surface area contributed by atoms with Crippen molar-refractivity contribution < 1.29 is 38.9 Å². The molecule has 0 radical (unpaired) electrons. The molecule has 4 unspecified atom stereocenters. The standard InChI is InChI=1S/C31H33NO8/c1-17-15-23(34)28-22(29(17)37)16-21-18(26(28)19-7-4-5-8-24(19)40-14-13-33)10-11-20-27(21)31(39)32(30(20)38)12-6-2-3-9-25(35)36/h4-5,7-8,10,15,20-21,26-27,33H,2-3,6,9,11-14,16H2,1H3,(H,35,36). The van der Waals surface area contributed by atoms with Crippen molar-refractivity contribution in [3.8, 4) is 5.75 Å². The fourth-order valence-electron chi connectivity index (χ4n) is 6.75. The number of hydrogen-bond acceptors (Lipinski definition) is 7. The summed E-state index contributed by atoms with van der Waals surface area (Å²) in [4.78, 5) is 66.0. The molecule has 4 aliphatic rings. The maximum absolute atomic E-state index is 13.8. The number of hydrogen-bond donors (Lipinski definition) is 2. The summed E-state index contributed by atoms with van der Waals surface area (Å²) in [5.41, 5.74) is 2.66. The van der Waals surface area contributed by atoms with Crippen LogP contribution < -0.4 is 4.74 Å². The van der Waals surface area contributed by atoms with E-state index in [4.69, 9.17) is 9.84 Å². The second-order valence-corrected chi connectivity index (χ2v) is 10.9. The highest BCUT2D eigenvalue weighted by Crippen LogP contribution is 2.56. The Bertz CT molecular complexity index is 1370. The molecule has 210 valence electrons. The first kappa shape index (κ1) is 27.7. The number of rotatable bonds is 10. The highest BCUT2D eigenvalue weighted by atomic mass is 16.5. The second-order valence-electron chi connectivity index (χ2n) is 10.9. The molecule has 4 atom stereocenters. The van der Waals surface area contributed by atoms with Crippen LogP contribution in [0.1, 0.15) is 56.9 Å². The molecule has 0 bridgehead atoms. The summed E-state index contributed by atoms with van der Waals surface area (Å²) in [7, 11) is 0. The van der Waals surface area contributed by atoms with Crippen molar-refractivity contribution in [1.82, 2.24) is 4.90 Å². The van der Waals surface area contributed by atoms with Crippen LogP contribution >= 0.6 is 0 Å². The largest absolute Gasteiger partial charge is 0.491 e. The number of imide groups is 1. The summed E-state index contributed by atoms with van der Waals surface area (Å²) in [5, 5.41) is 18.2. The third-order valence-electron chi connectivity index (χ3n) is 8.50. The lowest BCUT2D eigenvalue weighted by atomic mass is 9.59. The number of carbonyl (C=O) groups excluding carboxylic acids is 4. The molecule has 0 spiro atoms. The number of carboxylic acid groups (broad SMARTS) is 1. The normalized spacial score (nSPS) is 25.8. The number of aliphatic hydroxyl groups excluding tert-OH is 1. The highest BCUT2D eigenvalue weighted by Gasteiger charge is 2.56. The van der Waals surface area contributed by atoms with Gasteiger partial charge in [0, 0.05) is 41.2 Å². The van der Waals surface area contributed by atoms with Crippen LogP contribution in [0.25, 0.3) is 0 Å². The average molecular weight is 548 g/mol. The van der Waals surface area contributed by atoms with E-state index in [2.05, 4.69) is 0 Å². The van der Waals surface area contributed by atoms with Crippen LogP contribution in [0, 0.1) is 17.8 Å². The molecule has 0 saturated carbocycles. The molecule has 2 amide bonds. The van der Waals surface area contributed by atoms with Crippen LogP contribution in [0.2, 0.25) is 0 Å². The number of benzene rings is 1. The SMILES string of the molecule is CC1=CC(=O)C2=C(CC3C(=CCC4C(=O)N(CCCCCC(=O)O)C(=O)C43)C2c2ccccc2OCCO)C1=O. The zero-order chi connectivity index (χ0) is 28.6. The van der Waals surface area contributed by atoms with E-state index in [1.54, 1.807) is 19.1 Å². The van der Waals surface area contributed by atoms with Crippen molar-refractivity contribution in [3.63, 3.8) is 0 Å². The monoisotopic (exact) mass is 547 g/mol.